The molecular weight excluding hydrogens is 526 g/mol. The average molecular weight is 576 g/mol. The van der Waals surface area contributed by atoms with Crippen molar-refractivity contribution in [3.05, 3.63) is 0 Å². The first-order valence-electron chi connectivity index (χ1n) is 13.1. The second kappa shape index (κ2) is 16.6. The summed E-state index contributed by atoms with van der Waals surface area (Å²) < 4.78 is 62.3. The number of nitrogens with zero attached hydrogens (tertiary/aromatic N) is 5. The van der Waals surface area contributed by atoms with Gasteiger partial charge in [-0.15, -0.1) is 0 Å². The van der Waals surface area contributed by atoms with Gasteiger partial charge in [-0.25, -0.2) is 0 Å². The molecule has 37 heavy (non-hydrogen) atoms. The summed E-state index contributed by atoms with van der Waals surface area (Å²) in [7, 11) is -7.94. The zero-order valence-corrected chi connectivity index (χ0v) is 24.4. The summed E-state index contributed by atoms with van der Waals surface area (Å²) in [4.78, 5) is 10.6. The van der Waals surface area contributed by atoms with Crippen molar-refractivity contribution in [2.45, 2.75) is 45.2 Å². The first-order valence-corrected chi connectivity index (χ1v) is 16.2. The normalized spacial score (nSPS) is 23.0. The molecule has 3 unspecified atom stereocenters. The van der Waals surface area contributed by atoms with Gasteiger partial charge in [-0.05, 0) is 26.9 Å². The van der Waals surface area contributed by atoms with Gasteiger partial charge in [0.15, 0.2) is 0 Å². The molecule has 0 bridgehead atoms. The van der Waals surface area contributed by atoms with Crippen LogP contribution in [0.3, 0.4) is 0 Å². The maximum absolute atomic E-state index is 11.6. The molecule has 0 aliphatic carbocycles. The molecule has 2 aliphatic heterocycles. The van der Waals surface area contributed by atoms with Gasteiger partial charge in [0.25, 0.3) is 20.2 Å². The van der Waals surface area contributed by atoms with Crippen LogP contribution in [0, 0.1) is 0 Å². The van der Waals surface area contributed by atoms with Crippen LogP contribution in [-0.4, -0.2) is 176 Å². The van der Waals surface area contributed by atoms with Crippen LogP contribution < -0.4 is 0 Å². The summed E-state index contributed by atoms with van der Waals surface area (Å²) in [5.41, 5.74) is 0. The summed E-state index contributed by atoms with van der Waals surface area (Å²) >= 11 is 0. The lowest BCUT2D eigenvalue weighted by molar-refractivity contribution is -0.0211. The van der Waals surface area contributed by atoms with Crippen molar-refractivity contribution < 1.29 is 36.2 Å². The van der Waals surface area contributed by atoms with Gasteiger partial charge < -0.3 is 10.2 Å². The van der Waals surface area contributed by atoms with E-state index in [1.165, 1.54) is 0 Å². The van der Waals surface area contributed by atoms with Crippen LogP contribution in [0.4, 0.5) is 0 Å². The minimum atomic E-state index is -4.10. The van der Waals surface area contributed by atoms with Crippen molar-refractivity contribution in [2.75, 3.05) is 97.5 Å². The molecule has 0 saturated carbocycles. The lowest BCUT2D eigenvalue weighted by Gasteiger charge is -2.48. The fraction of sp³-hybridized carbons (Fsp3) is 1.00. The highest BCUT2D eigenvalue weighted by Gasteiger charge is 2.39. The van der Waals surface area contributed by atoms with Crippen LogP contribution >= 0.6 is 0 Å². The number of aliphatic hydroxyl groups is 2. The summed E-state index contributed by atoms with van der Waals surface area (Å²) in [5.74, 6) is -0.201. The Kier molecular flexibility index (Phi) is 15.5. The Balaban J connectivity index is 0.000000397. The first kappa shape index (κ1) is 34.6. The van der Waals surface area contributed by atoms with Crippen molar-refractivity contribution >= 4 is 20.2 Å². The molecule has 15 heteroatoms. The van der Waals surface area contributed by atoms with E-state index in [1.54, 1.807) is 6.92 Å². The molecular formula is C22H49N5O8S2. The van der Waals surface area contributed by atoms with Gasteiger partial charge in [-0.1, -0.05) is 13.8 Å². The highest BCUT2D eigenvalue weighted by Crippen LogP contribution is 2.21. The van der Waals surface area contributed by atoms with Crippen molar-refractivity contribution in [3.8, 4) is 0 Å². The summed E-state index contributed by atoms with van der Waals surface area (Å²) in [6.45, 7) is 16.7. The Hall–Kier alpha value is -0.460. The monoisotopic (exact) mass is 575 g/mol. The van der Waals surface area contributed by atoms with E-state index in [-0.39, 0.29) is 31.2 Å². The van der Waals surface area contributed by atoms with Gasteiger partial charge >= 0.3 is 0 Å². The van der Waals surface area contributed by atoms with Gasteiger partial charge in [0.2, 0.25) is 0 Å². The Morgan fingerprint density at radius 1 is 0.784 bits per heavy atom. The van der Waals surface area contributed by atoms with E-state index < -0.39 is 25.5 Å². The maximum atomic E-state index is 11.6. The highest BCUT2D eigenvalue weighted by atomic mass is 32.2. The standard InChI is InChI=1S/C14H31N3O4S.C8H18N2O4S/c1-5-16(6-2)13(4)17-8-7-15(9-10-18)11-14(17)12(3)22(19,20)21;11-7-5-9-1-3-10(4-2-9)6-8-15(12,13)14/h12-14,18H,5-11H2,1-4H3,(H,19,20,21);11H,1-8H2,(H,12,13,14). The molecule has 13 nitrogen and oxygen atoms in total. The maximum Gasteiger partial charge on any atom is 0.269 e. The largest absolute Gasteiger partial charge is 0.395 e. The van der Waals surface area contributed by atoms with E-state index >= 15 is 0 Å². The van der Waals surface area contributed by atoms with Crippen LogP contribution in [0.5, 0.6) is 0 Å². The zero-order valence-electron chi connectivity index (χ0n) is 22.8. The number of β-amino-alcohol motifs (C(OH)–C–C–N with tert-alkyl or cyclic N) is 2. The predicted octanol–water partition coefficient (Wildman–Crippen LogP) is -1.59. The molecule has 2 aliphatic rings. The average Bonchev–Trinajstić information content (AvgIpc) is 2.83. The lowest BCUT2D eigenvalue weighted by atomic mass is 10.1. The van der Waals surface area contributed by atoms with Crippen molar-refractivity contribution in [3.63, 3.8) is 0 Å². The molecule has 4 N–H and O–H groups in total. The fourth-order valence-corrected chi connectivity index (χ4v) is 6.02. The number of hydrogen-bond donors (Lipinski definition) is 4. The minimum absolute atomic E-state index is 0.0541. The molecule has 0 aromatic heterocycles. The number of hydrogen-bond acceptors (Lipinski definition) is 11. The van der Waals surface area contributed by atoms with Gasteiger partial charge in [0.1, 0.15) is 5.25 Å². The zero-order chi connectivity index (χ0) is 28.2. The second-order valence-corrected chi connectivity index (χ2v) is 12.9. The molecule has 0 aromatic carbocycles. The smallest absolute Gasteiger partial charge is 0.269 e. The molecule has 2 heterocycles. The molecule has 2 saturated heterocycles. The van der Waals surface area contributed by atoms with E-state index in [1.807, 2.05) is 4.90 Å². The second-order valence-electron chi connectivity index (χ2n) is 9.60. The quantitative estimate of drug-likeness (QED) is 0.186. The van der Waals surface area contributed by atoms with Crippen LogP contribution in [0.2, 0.25) is 0 Å². The highest BCUT2D eigenvalue weighted by molar-refractivity contribution is 7.86. The molecule has 0 aromatic rings. The minimum Gasteiger partial charge on any atom is -0.395 e. The number of aliphatic hydroxyl groups excluding tert-OH is 2. The lowest BCUT2D eigenvalue weighted by Crippen LogP contribution is -2.63. The van der Waals surface area contributed by atoms with E-state index in [9.17, 15) is 21.4 Å². The third-order valence-corrected chi connectivity index (χ3v) is 9.29. The SMILES string of the molecule is CCN(CC)C(C)N1CCN(CCO)CC1C(C)S(=O)(=O)O.O=S(=O)(O)CCN1CCN(CCO)CC1. The van der Waals surface area contributed by atoms with E-state index in [4.69, 9.17) is 14.8 Å². The van der Waals surface area contributed by atoms with Gasteiger partial charge in [-0.2, -0.15) is 16.8 Å². The molecule has 0 amide bonds. The topological polar surface area (TPSA) is 165 Å². The Morgan fingerprint density at radius 2 is 1.24 bits per heavy atom. The Labute approximate surface area is 223 Å². The Bertz CT molecular complexity index is 836. The van der Waals surface area contributed by atoms with Gasteiger partial charge in [-0.3, -0.25) is 33.6 Å². The predicted molar refractivity (Wildman–Crippen MR) is 144 cm³/mol. The van der Waals surface area contributed by atoms with Crippen LogP contribution in [0.1, 0.15) is 27.7 Å². The first-order chi connectivity index (χ1) is 17.3. The van der Waals surface area contributed by atoms with Crippen LogP contribution in [0.15, 0.2) is 0 Å². The summed E-state index contributed by atoms with van der Waals surface area (Å²) in [5, 5.41) is 17.0. The van der Waals surface area contributed by atoms with Gasteiger partial charge in [0.05, 0.1) is 25.1 Å². The van der Waals surface area contributed by atoms with Crippen molar-refractivity contribution in [1.29, 1.82) is 0 Å². The molecule has 2 rings (SSSR count). The molecule has 2 fully saturated rings. The van der Waals surface area contributed by atoms with Crippen molar-refractivity contribution in [2.24, 2.45) is 0 Å². The molecule has 222 valence electrons. The molecule has 3 atom stereocenters. The third kappa shape index (κ3) is 12.5. The summed E-state index contributed by atoms with van der Waals surface area (Å²) in [6, 6.07) is -0.286. The van der Waals surface area contributed by atoms with Gasteiger partial charge in [0, 0.05) is 71.5 Å². The number of rotatable bonds is 13. The van der Waals surface area contributed by atoms with E-state index in [0.717, 1.165) is 52.4 Å². The van der Waals surface area contributed by atoms with E-state index in [0.29, 0.717) is 26.2 Å². The number of piperazine rings is 2. The third-order valence-electron chi connectivity index (χ3n) is 7.34. The van der Waals surface area contributed by atoms with Crippen LogP contribution in [-0.2, 0) is 20.2 Å². The molecule has 0 spiro atoms. The summed E-state index contributed by atoms with van der Waals surface area (Å²) in [6.07, 6.45) is 0.112. The van der Waals surface area contributed by atoms with E-state index in [2.05, 4.69) is 40.4 Å². The van der Waals surface area contributed by atoms with Crippen LogP contribution in [0.25, 0.3) is 0 Å². The molecule has 0 radical (unpaired) electrons. The Morgan fingerprint density at radius 3 is 1.68 bits per heavy atom. The fourth-order valence-electron chi connectivity index (χ4n) is 4.89. The van der Waals surface area contributed by atoms with Crippen molar-refractivity contribution in [1.82, 2.24) is 24.5 Å².